The maximum absolute atomic E-state index is 9.18. The summed E-state index contributed by atoms with van der Waals surface area (Å²) in [5.74, 6) is 0.911. The number of hydrogen-bond acceptors (Lipinski definition) is 3. The molecule has 0 aliphatic carbocycles. The van der Waals surface area contributed by atoms with Crippen molar-refractivity contribution < 1.29 is 5.11 Å². The van der Waals surface area contributed by atoms with Crippen LogP contribution in [0.3, 0.4) is 0 Å². The summed E-state index contributed by atoms with van der Waals surface area (Å²) in [5, 5.41) is 12.4. The second kappa shape index (κ2) is 6.94. The van der Waals surface area contributed by atoms with Crippen molar-refractivity contribution in [2.75, 3.05) is 18.9 Å². The van der Waals surface area contributed by atoms with Crippen LogP contribution in [-0.2, 0) is 0 Å². The Labute approximate surface area is 102 Å². The molecule has 0 aromatic heterocycles. The van der Waals surface area contributed by atoms with Gasteiger partial charge in [-0.3, -0.25) is 0 Å². The SMILES string of the molecule is CCNC(CO)CSc1cc(C)ccc1C. The van der Waals surface area contributed by atoms with Gasteiger partial charge in [-0.2, -0.15) is 0 Å². The topological polar surface area (TPSA) is 32.3 Å². The van der Waals surface area contributed by atoms with Gasteiger partial charge in [-0.05, 0) is 32.0 Å². The fourth-order valence-electron chi connectivity index (χ4n) is 1.52. The van der Waals surface area contributed by atoms with E-state index in [2.05, 4.69) is 44.3 Å². The average Bonchev–Trinajstić information content (AvgIpc) is 2.28. The highest BCUT2D eigenvalue weighted by atomic mass is 32.2. The van der Waals surface area contributed by atoms with E-state index < -0.39 is 0 Å². The van der Waals surface area contributed by atoms with E-state index in [1.165, 1.54) is 16.0 Å². The molecule has 0 bridgehead atoms. The Morgan fingerprint density at radius 2 is 2.12 bits per heavy atom. The minimum absolute atomic E-state index is 0.190. The number of nitrogens with one attached hydrogen (secondary N) is 1. The zero-order valence-corrected chi connectivity index (χ0v) is 11.1. The van der Waals surface area contributed by atoms with Crippen LogP contribution in [0.15, 0.2) is 23.1 Å². The molecule has 0 saturated carbocycles. The van der Waals surface area contributed by atoms with Crippen molar-refractivity contribution in [1.29, 1.82) is 0 Å². The number of benzene rings is 1. The van der Waals surface area contributed by atoms with Crippen molar-refractivity contribution in [2.24, 2.45) is 0 Å². The Hall–Kier alpha value is -0.510. The molecule has 0 fully saturated rings. The average molecular weight is 239 g/mol. The number of aryl methyl sites for hydroxylation is 2. The minimum atomic E-state index is 0.190. The summed E-state index contributed by atoms with van der Waals surface area (Å²) < 4.78 is 0. The first-order valence-corrected chi connectivity index (χ1v) is 6.70. The van der Waals surface area contributed by atoms with Gasteiger partial charge in [0.25, 0.3) is 0 Å². The van der Waals surface area contributed by atoms with E-state index >= 15 is 0 Å². The zero-order chi connectivity index (χ0) is 12.0. The summed E-state index contributed by atoms with van der Waals surface area (Å²) >= 11 is 1.81. The number of aliphatic hydroxyl groups is 1. The Balaban J connectivity index is 2.55. The lowest BCUT2D eigenvalue weighted by Gasteiger charge is -2.15. The third-order valence-corrected chi connectivity index (χ3v) is 3.82. The summed E-state index contributed by atoms with van der Waals surface area (Å²) in [6, 6.07) is 6.68. The number of thioether (sulfide) groups is 1. The summed E-state index contributed by atoms with van der Waals surface area (Å²) in [4.78, 5) is 1.32. The number of aliphatic hydroxyl groups excluding tert-OH is 1. The molecule has 0 spiro atoms. The number of likely N-dealkylation sites (N-methyl/N-ethyl adjacent to an activating group) is 1. The fourth-order valence-corrected chi connectivity index (χ4v) is 2.69. The smallest absolute Gasteiger partial charge is 0.0592 e. The molecular weight excluding hydrogens is 218 g/mol. The maximum Gasteiger partial charge on any atom is 0.0592 e. The van der Waals surface area contributed by atoms with Crippen LogP contribution in [0.1, 0.15) is 18.1 Å². The Bertz CT molecular complexity index is 328. The highest BCUT2D eigenvalue weighted by Crippen LogP contribution is 2.23. The van der Waals surface area contributed by atoms with Gasteiger partial charge in [0.05, 0.1) is 6.61 Å². The van der Waals surface area contributed by atoms with E-state index in [4.69, 9.17) is 0 Å². The maximum atomic E-state index is 9.18. The largest absolute Gasteiger partial charge is 0.395 e. The van der Waals surface area contributed by atoms with Crippen LogP contribution < -0.4 is 5.32 Å². The Kier molecular flexibility index (Phi) is 5.88. The Morgan fingerprint density at radius 1 is 1.38 bits per heavy atom. The molecule has 2 N–H and O–H groups in total. The Morgan fingerprint density at radius 3 is 2.75 bits per heavy atom. The highest BCUT2D eigenvalue weighted by molar-refractivity contribution is 7.99. The number of hydrogen-bond donors (Lipinski definition) is 2. The molecular formula is C13H21NOS. The molecule has 0 aliphatic rings. The standard InChI is InChI=1S/C13H21NOS/c1-4-14-12(8-15)9-16-13-7-10(2)5-6-11(13)3/h5-7,12,14-15H,4,8-9H2,1-3H3. The van der Waals surface area contributed by atoms with Crippen LogP contribution in [0.25, 0.3) is 0 Å². The fraction of sp³-hybridized carbons (Fsp3) is 0.538. The van der Waals surface area contributed by atoms with Crippen molar-refractivity contribution in [2.45, 2.75) is 31.7 Å². The molecule has 3 heteroatoms. The van der Waals surface area contributed by atoms with Crippen LogP contribution >= 0.6 is 11.8 Å². The summed E-state index contributed by atoms with van der Waals surface area (Å²) in [5.41, 5.74) is 2.60. The van der Waals surface area contributed by atoms with Gasteiger partial charge in [0.15, 0.2) is 0 Å². The van der Waals surface area contributed by atoms with Crippen molar-refractivity contribution in [3.8, 4) is 0 Å². The van der Waals surface area contributed by atoms with E-state index in [1.807, 2.05) is 11.8 Å². The molecule has 0 aliphatic heterocycles. The lowest BCUT2D eigenvalue weighted by Crippen LogP contribution is -2.34. The van der Waals surface area contributed by atoms with Crippen LogP contribution in [0.5, 0.6) is 0 Å². The van der Waals surface area contributed by atoms with Crippen molar-refractivity contribution in [3.63, 3.8) is 0 Å². The first kappa shape index (κ1) is 13.6. The lowest BCUT2D eigenvalue weighted by molar-refractivity contribution is 0.255. The molecule has 1 atom stereocenters. The lowest BCUT2D eigenvalue weighted by atomic mass is 10.2. The summed E-state index contributed by atoms with van der Waals surface area (Å²) in [6.45, 7) is 7.40. The van der Waals surface area contributed by atoms with Gasteiger partial charge in [-0.25, -0.2) is 0 Å². The van der Waals surface area contributed by atoms with E-state index in [-0.39, 0.29) is 12.6 Å². The molecule has 0 heterocycles. The second-order valence-corrected chi connectivity index (χ2v) is 5.08. The van der Waals surface area contributed by atoms with Gasteiger partial charge in [-0.1, -0.05) is 24.6 Å². The normalized spacial score (nSPS) is 12.8. The predicted octanol–water partition coefficient (Wildman–Crippen LogP) is 2.37. The third-order valence-electron chi connectivity index (χ3n) is 2.50. The monoisotopic (exact) mass is 239 g/mol. The van der Waals surface area contributed by atoms with Crippen LogP contribution in [0.2, 0.25) is 0 Å². The molecule has 0 amide bonds. The molecule has 1 rings (SSSR count). The van der Waals surface area contributed by atoms with E-state index in [0.717, 1.165) is 12.3 Å². The quantitative estimate of drug-likeness (QED) is 0.748. The van der Waals surface area contributed by atoms with Gasteiger partial charge in [-0.15, -0.1) is 11.8 Å². The van der Waals surface area contributed by atoms with Crippen LogP contribution in [0.4, 0.5) is 0 Å². The summed E-state index contributed by atoms with van der Waals surface area (Å²) in [7, 11) is 0. The van der Waals surface area contributed by atoms with E-state index in [1.54, 1.807) is 0 Å². The van der Waals surface area contributed by atoms with Crippen molar-refractivity contribution in [1.82, 2.24) is 5.32 Å². The molecule has 2 nitrogen and oxygen atoms in total. The molecule has 0 radical (unpaired) electrons. The molecule has 1 aromatic rings. The predicted molar refractivity (Wildman–Crippen MR) is 71.2 cm³/mol. The van der Waals surface area contributed by atoms with Gasteiger partial charge >= 0.3 is 0 Å². The number of rotatable bonds is 6. The summed E-state index contributed by atoms with van der Waals surface area (Å²) in [6.07, 6.45) is 0. The first-order chi connectivity index (χ1) is 7.67. The molecule has 16 heavy (non-hydrogen) atoms. The van der Waals surface area contributed by atoms with Gasteiger partial charge in [0, 0.05) is 16.7 Å². The van der Waals surface area contributed by atoms with Crippen LogP contribution in [-0.4, -0.2) is 30.1 Å². The second-order valence-electron chi connectivity index (χ2n) is 4.02. The van der Waals surface area contributed by atoms with Gasteiger partial charge in [0.1, 0.15) is 0 Å². The first-order valence-electron chi connectivity index (χ1n) is 5.71. The molecule has 1 unspecified atom stereocenters. The third kappa shape index (κ3) is 4.16. The molecule has 1 aromatic carbocycles. The zero-order valence-electron chi connectivity index (χ0n) is 10.3. The molecule has 90 valence electrons. The van der Waals surface area contributed by atoms with E-state index in [9.17, 15) is 5.11 Å². The van der Waals surface area contributed by atoms with Gasteiger partial charge in [0.2, 0.25) is 0 Å². The minimum Gasteiger partial charge on any atom is -0.395 e. The van der Waals surface area contributed by atoms with Crippen LogP contribution in [0, 0.1) is 13.8 Å². The van der Waals surface area contributed by atoms with E-state index in [0.29, 0.717) is 0 Å². The van der Waals surface area contributed by atoms with Crippen molar-refractivity contribution in [3.05, 3.63) is 29.3 Å². The van der Waals surface area contributed by atoms with Gasteiger partial charge < -0.3 is 10.4 Å². The van der Waals surface area contributed by atoms with Crippen molar-refractivity contribution >= 4 is 11.8 Å². The highest BCUT2D eigenvalue weighted by Gasteiger charge is 2.07. The molecule has 0 saturated heterocycles.